The summed E-state index contributed by atoms with van der Waals surface area (Å²) in [5.74, 6) is 0. The molecule has 0 unspecified atom stereocenters. The van der Waals surface area contributed by atoms with Crippen LogP contribution in [0.5, 0.6) is 0 Å². The number of pyridine rings is 1. The van der Waals surface area contributed by atoms with E-state index < -0.39 is 0 Å². The molecule has 0 bridgehead atoms. The van der Waals surface area contributed by atoms with Crippen LogP contribution in [0.25, 0.3) is 11.3 Å². The molecule has 0 saturated heterocycles. The average molecular weight is 283 g/mol. The van der Waals surface area contributed by atoms with Crippen molar-refractivity contribution in [3.05, 3.63) is 56.3 Å². The molecule has 0 spiro atoms. The zero-order chi connectivity index (χ0) is 13.1. The summed E-state index contributed by atoms with van der Waals surface area (Å²) >= 11 is 12.0. The minimum atomic E-state index is -0.127. The number of aromatic nitrogens is 1. The van der Waals surface area contributed by atoms with Gasteiger partial charge in [0.15, 0.2) is 0 Å². The first-order valence-corrected chi connectivity index (χ1v) is 6.19. The van der Waals surface area contributed by atoms with Gasteiger partial charge >= 0.3 is 0 Å². The van der Waals surface area contributed by atoms with Crippen LogP contribution < -0.4 is 10.9 Å². The van der Waals surface area contributed by atoms with Gasteiger partial charge in [-0.2, -0.15) is 0 Å². The summed E-state index contributed by atoms with van der Waals surface area (Å²) < 4.78 is 0. The van der Waals surface area contributed by atoms with E-state index in [1.165, 1.54) is 0 Å². The van der Waals surface area contributed by atoms with Crippen molar-refractivity contribution in [2.24, 2.45) is 0 Å². The molecule has 0 aliphatic carbocycles. The Kier molecular flexibility index (Phi) is 4.07. The Morgan fingerprint density at radius 2 is 2.00 bits per heavy atom. The normalized spacial score (nSPS) is 10.6. The number of aromatic amines is 1. The highest BCUT2D eigenvalue weighted by Gasteiger charge is 2.07. The molecule has 1 aromatic heterocycles. The number of hydrogen-bond acceptors (Lipinski definition) is 2. The predicted molar refractivity (Wildman–Crippen MR) is 75.3 cm³/mol. The van der Waals surface area contributed by atoms with E-state index in [0.717, 1.165) is 5.56 Å². The number of nitrogens with one attached hydrogen (secondary N) is 2. The Morgan fingerprint density at radius 3 is 2.67 bits per heavy atom. The molecule has 1 heterocycles. The van der Waals surface area contributed by atoms with Gasteiger partial charge in [0.1, 0.15) is 0 Å². The standard InChI is InChI=1S/C13H12Cl2N2O/c1-16-7-8-2-5-12(17-13(8)18)10-6-9(14)3-4-11(10)15/h2-6,16H,7H2,1H3,(H,17,18). The van der Waals surface area contributed by atoms with E-state index in [2.05, 4.69) is 10.3 Å². The van der Waals surface area contributed by atoms with Gasteiger partial charge in [-0.15, -0.1) is 0 Å². The molecule has 94 valence electrons. The Hall–Kier alpha value is -1.29. The lowest BCUT2D eigenvalue weighted by Gasteiger charge is -2.06. The third kappa shape index (κ3) is 2.75. The first-order valence-electron chi connectivity index (χ1n) is 5.44. The molecule has 5 heteroatoms. The minimum Gasteiger partial charge on any atom is -0.322 e. The smallest absolute Gasteiger partial charge is 0.252 e. The average Bonchev–Trinajstić information content (AvgIpc) is 2.35. The number of halogens is 2. The van der Waals surface area contributed by atoms with E-state index in [1.54, 1.807) is 31.3 Å². The predicted octanol–water partition coefficient (Wildman–Crippen LogP) is 3.07. The largest absolute Gasteiger partial charge is 0.322 e. The van der Waals surface area contributed by atoms with Crippen LogP contribution in [0.1, 0.15) is 5.56 Å². The van der Waals surface area contributed by atoms with E-state index in [4.69, 9.17) is 23.2 Å². The van der Waals surface area contributed by atoms with E-state index in [9.17, 15) is 4.79 Å². The lowest BCUT2D eigenvalue weighted by Crippen LogP contribution is -2.18. The first-order chi connectivity index (χ1) is 8.61. The van der Waals surface area contributed by atoms with Crippen molar-refractivity contribution in [3.8, 4) is 11.3 Å². The summed E-state index contributed by atoms with van der Waals surface area (Å²) in [6.45, 7) is 0.527. The number of rotatable bonds is 3. The molecule has 0 atom stereocenters. The Balaban J connectivity index is 2.49. The lowest BCUT2D eigenvalue weighted by molar-refractivity contribution is 0.805. The van der Waals surface area contributed by atoms with Crippen LogP contribution in [-0.4, -0.2) is 12.0 Å². The molecule has 3 nitrogen and oxygen atoms in total. The second-order valence-electron chi connectivity index (χ2n) is 3.88. The molecule has 0 amide bonds. The maximum Gasteiger partial charge on any atom is 0.252 e. The van der Waals surface area contributed by atoms with Gasteiger partial charge in [0.25, 0.3) is 5.56 Å². The summed E-state index contributed by atoms with van der Waals surface area (Å²) in [5.41, 5.74) is 1.93. The van der Waals surface area contributed by atoms with Crippen molar-refractivity contribution in [2.45, 2.75) is 6.54 Å². The SMILES string of the molecule is CNCc1ccc(-c2cc(Cl)ccc2Cl)[nH]c1=O. The molecule has 0 radical (unpaired) electrons. The second kappa shape index (κ2) is 5.57. The van der Waals surface area contributed by atoms with Crippen LogP contribution in [-0.2, 0) is 6.54 Å². The summed E-state index contributed by atoms with van der Waals surface area (Å²) in [6, 6.07) is 8.75. The van der Waals surface area contributed by atoms with Crippen LogP contribution >= 0.6 is 23.2 Å². The van der Waals surface area contributed by atoms with Crippen molar-refractivity contribution < 1.29 is 0 Å². The van der Waals surface area contributed by atoms with Gasteiger partial charge in [-0.05, 0) is 31.3 Å². The van der Waals surface area contributed by atoms with Gasteiger partial charge in [-0.3, -0.25) is 4.79 Å². The van der Waals surface area contributed by atoms with Gasteiger partial charge in [-0.1, -0.05) is 29.3 Å². The molecule has 0 aliphatic heterocycles. The fraction of sp³-hybridized carbons (Fsp3) is 0.154. The Labute approximate surface area is 115 Å². The first kappa shape index (κ1) is 13.1. The van der Waals surface area contributed by atoms with Crippen LogP contribution in [0.4, 0.5) is 0 Å². The highest BCUT2D eigenvalue weighted by atomic mass is 35.5. The van der Waals surface area contributed by atoms with Crippen molar-refractivity contribution in [1.29, 1.82) is 0 Å². The quantitative estimate of drug-likeness (QED) is 0.909. The fourth-order valence-corrected chi connectivity index (χ4v) is 2.09. The van der Waals surface area contributed by atoms with Gasteiger partial charge in [0.05, 0.1) is 0 Å². The summed E-state index contributed by atoms with van der Waals surface area (Å²) in [4.78, 5) is 14.6. The van der Waals surface area contributed by atoms with E-state index in [0.29, 0.717) is 27.8 Å². The maximum absolute atomic E-state index is 11.8. The molecular weight excluding hydrogens is 271 g/mol. The molecule has 0 saturated carbocycles. The van der Waals surface area contributed by atoms with Crippen LogP contribution in [0, 0.1) is 0 Å². The molecule has 1 aromatic carbocycles. The minimum absolute atomic E-state index is 0.127. The monoisotopic (exact) mass is 282 g/mol. The van der Waals surface area contributed by atoms with Gasteiger partial charge < -0.3 is 10.3 Å². The van der Waals surface area contributed by atoms with Crippen LogP contribution in [0.15, 0.2) is 35.1 Å². The molecule has 18 heavy (non-hydrogen) atoms. The lowest BCUT2D eigenvalue weighted by atomic mass is 10.1. The molecule has 2 rings (SSSR count). The molecular formula is C13H12Cl2N2O. The van der Waals surface area contributed by atoms with Crippen LogP contribution in [0.2, 0.25) is 10.0 Å². The van der Waals surface area contributed by atoms with Crippen molar-refractivity contribution in [1.82, 2.24) is 10.3 Å². The highest BCUT2D eigenvalue weighted by molar-refractivity contribution is 6.35. The zero-order valence-corrected chi connectivity index (χ0v) is 11.3. The third-order valence-electron chi connectivity index (χ3n) is 2.58. The van der Waals surface area contributed by atoms with Crippen LogP contribution in [0.3, 0.4) is 0 Å². The Bertz CT molecular complexity index is 623. The number of H-pyrrole nitrogens is 1. The van der Waals surface area contributed by atoms with Gasteiger partial charge in [0, 0.05) is 33.4 Å². The fourth-order valence-electron chi connectivity index (χ4n) is 1.69. The molecule has 0 fully saturated rings. The van der Waals surface area contributed by atoms with E-state index in [1.807, 2.05) is 6.07 Å². The summed E-state index contributed by atoms with van der Waals surface area (Å²) in [7, 11) is 1.79. The van der Waals surface area contributed by atoms with E-state index in [-0.39, 0.29) is 5.56 Å². The molecule has 0 aliphatic rings. The number of benzene rings is 1. The summed E-state index contributed by atoms with van der Waals surface area (Å²) in [5, 5.41) is 4.07. The highest BCUT2D eigenvalue weighted by Crippen LogP contribution is 2.28. The second-order valence-corrected chi connectivity index (χ2v) is 4.72. The summed E-state index contributed by atoms with van der Waals surface area (Å²) in [6.07, 6.45) is 0. The third-order valence-corrected chi connectivity index (χ3v) is 3.14. The van der Waals surface area contributed by atoms with Gasteiger partial charge in [0.2, 0.25) is 0 Å². The van der Waals surface area contributed by atoms with Crippen molar-refractivity contribution in [2.75, 3.05) is 7.05 Å². The maximum atomic E-state index is 11.8. The van der Waals surface area contributed by atoms with Crippen molar-refractivity contribution in [3.63, 3.8) is 0 Å². The topological polar surface area (TPSA) is 44.9 Å². The van der Waals surface area contributed by atoms with E-state index >= 15 is 0 Å². The molecule has 2 aromatic rings. The number of hydrogen-bond donors (Lipinski definition) is 2. The van der Waals surface area contributed by atoms with Gasteiger partial charge in [-0.25, -0.2) is 0 Å². The zero-order valence-electron chi connectivity index (χ0n) is 9.76. The Morgan fingerprint density at radius 1 is 1.22 bits per heavy atom. The van der Waals surface area contributed by atoms with Crippen molar-refractivity contribution >= 4 is 23.2 Å². The molecule has 2 N–H and O–H groups in total.